The van der Waals surface area contributed by atoms with Gasteiger partial charge in [0.25, 0.3) is 0 Å². The summed E-state index contributed by atoms with van der Waals surface area (Å²) < 4.78 is 15.3. The van der Waals surface area contributed by atoms with Gasteiger partial charge in [0.2, 0.25) is 0 Å². The van der Waals surface area contributed by atoms with Crippen LogP contribution >= 0.6 is 0 Å². The first-order chi connectivity index (χ1) is 12.5. The van der Waals surface area contributed by atoms with Gasteiger partial charge in [-0.3, -0.25) is 0 Å². The molecular formula is C12H25BO14. The molecule has 0 aromatic heterocycles. The Morgan fingerprint density at radius 2 is 1.19 bits per heavy atom. The first-order valence-corrected chi connectivity index (χ1v) is 7.85. The maximum absolute atomic E-state index is 9.94. The van der Waals surface area contributed by atoms with Gasteiger partial charge in [-0.15, -0.1) is 0 Å². The second kappa shape index (κ2) is 10.9. The average molecular weight is 404 g/mol. The normalized spacial score (nSPS) is 45.0. The number of aliphatic hydroxyl groups is 8. The SMILES string of the molecule is OB(O)O.OC[C@H]1O[C@@H](O[C@H]2[C@H](O)[C@@H](O)C(O)O[C@@H]2CO)[C@H](O)[C@@H](O)[C@H]1O. The van der Waals surface area contributed by atoms with Crippen molar-refractivity contribution in [2.45, 2.75) is 61.4 Å². The zero-order chi connectivity index (χ0) is 20.9. The summed E-state index contributed by atoms with van der Waals surface area (Å²) in [4.78, 5) is 0. The van der Waals surface area contributed by atoms with Gasteiger partial charge in [0.05, 0.1) is 13.2 Å². The van der Waals surface area contributed by atoms with Gasteiger partial charge in [-0.05, 0) is 0 Å². The van der Waals surface area contributed by atoms with Crippen molar-refractivity contribution in [2.24, 2.45) is 0 Å². The Hall–Kier alpha value is -0.495. The summed E-state index contributed by atoms with van der Waals surface area (Å²) in [7, 11) is -2.17. The van der Waals surface area contributed by atoms with Crippen molar-refractivity contribution < 1.29 is 70.1 Å². The van der Waals surface area contributed by atoms with Crippen LogP contribution in [0.15, 0.2) is 0 Å². The van der Waals surface area contributed by atoms with Crippen LogP contribution in [-0.2, 0) is 14.2 Å². The lowest BCUT2D eigenvalue weighted by molar-refractivity contribution is -0.355. The van der Waals surface area contributed by atoms with Crippen LogP contribution in [0.1, 0.15) is 0 Å². The third-order valence-corrected chi connectivity index (χ3v) is 3.98. The molecule has 1 unspecified atom stereocenters. The van der Waals surface area contributed by atoms with Gasteiger partial charge in [-0.2, -0.15) is 0 Å². The molecule has 0 aliphatic carbocycles. The van der Waals surface area contributed by atoms with E-state index in [2.05, 4.69) is 0 Å². The van der Waals surface area contributed by atoms with E-state index in [1.165, 1.54) is 0 Å². The Morgan fingerprint density at radius 1 is 0.667 bits per heavy atom. The minimum atomic E-state index is -2.17. The summed E-state index contributed by atoms with van der Waals surface area (Å²) in [6.45, 7) is -1.35. The van der Waals surface area contributed by atoms with Gasteiger partial charge < -0.3 is 70.1 Å². The Labute approximate surface area is 153 Å². The Morgan fingerprint density at radius 3 is 1.67 bits per heavy atom. The molecule has 0 saturated carbocycles. The highest BCUT2D eigenvalue weighted by atomic mass is 16.7. The number of hydrogen-bond acceptors (Lipinski definition) is 14. The van der Waals surface area contributed by atoms with Crippen LogP contribution in [0.4, 0.5) is 0 Å². The van der Waals surface area contributed by atoms with Crippen molar-refractivity contribution in [3.05, 3.63) is 0 Å². The highest BCUT2D eigenvalue weighted by Crippen LogP contribution is 2.28. The zero-order valence-corrected chi connectivity index (χ0v) is 13.9. The van der Waals surface area contributed by atoms with Crippen LogP contribution in [0.25, 0.3) is 0 Å². The molecule has 2 fully saturated rings. The lowest BCUT2D eigenvalue weighted by Gasteiger charge is -2.45. The van der Waals surface area contributed by atoms with Gasteiger partial charge in [-0.1, -0.05) is 0 Å². The van der Waals surface area contributed by atoms with Crippen LogP contribution in [0.5, 0.6) is 0 Å². The molecule has 0 radical (unpaired) electrons. The molecule has 2 heterocycles. The van der Waals surface area contributed by atoms with Crippen molar-refractivity contribution in [3.8, 4) is 0 Å². The van der Waals surface area contributed by atoms with E-state index in [1.54, 1.807) is 0 Å². The van der Waals surface area contributed by atoms with E-state index < -0.39 is 81.9 Å². The molecule has 0 aromatic rings. The summed E-state index contributed by atoms with van der Waals surface area (Å²) >= 11 is 0. The standard InChI is InChI=1S/C12H22O11.BH3O3/c13-1-3-5(15)6(16)9(19)12(22-3)23-10-4(2-14)21-11(20)8(18)7(10)17;2-1(3)4/h3-20H,1-2H2;2-4H/t3-,4-,5+,6+,7-,8-,9-,10-,11?,12+;/m1./s1. The third kappa shape index (κ3) is 6.24. The van der Waals surface area contributed by atoms with E-state index in [1.807, 2.05) is 0 Å². The molecule has 27 heavy (non-hydrogen) atoms. The van der Waals surface area contributed by atoms with Crippen LogP contribution in [0.2, 0.25) is 0 Å². The second-order valence-electron chi connectivity index (χ2n) is 5.87. The molecule has 160 valence electrons. The van der Waals surface area contributed by atoms with E-state index >= 15 is 0 Å². The minimum Gasteiger partial charge on any atom is -0.402 e. The first-order valence-electron chi connectivity index (χ1n) is 7.85. The molecule has 10 atom stereocenters. The minimum absolute atomic E-state index is 0.667. The second-order valence-corrected chi connectivity index (χ2v) is 5.87. The monoisotopic (exact) mass is 404 g/mol. The van der Waals surface area contributed by atoms with Gasteiger partial charge in [-0.25, -0.2) is 0 Å². The van der Waals surface area contributed by atoms with Crippen LogP contribution in [0.3, 0.4) is 0 Å². The Balaban J connectivity index is 0.000000828. The van der Waals surface area contributed by atoms with E-state index in [-0.39, 0.29) is 0 Å². The average Bonchev–Trinajstić information content (AvgIpc) is 2.61. The van der Waals surface area contributed by atoms with Crippen LogP contribution in [-0.4, -0.2) is 138 Å². The maximum atomic E-state index is 9.94. The predicted molar refractivity (Wildman–Crippen MR) is 81.0 cm³/mol. The van der Waals surface area contributed by atoms with Gasteiger partial charge in [0, 0.05) is 0 Å². The number of ether oxygens (including phenoxy) is 3. The lowest BCUT2D eigenvalue weighted by atomic mass is 9.97. The summed E-state index contributed by atoms with van der Waals surface area (Å²) in [6.07, 6.45) is -15.6. The molecule has 0 aromatic carbocycles. The highest BCUT2D eigenvalue weighted by Gasteiger charge is 2.50. The smallest absolute Gasteiger partial charge is 0.402 e. The van der Waals surface area contributed by atoms with Gasteiger partial charge >= 0.3 is 7.32 Å². The Kier molecular flexibility index (Phi) is 9.90. The molecule has 15 heteroatoms. The molecule has 2 aliphatic rings. The third-order valence-electron chi connectivity index (χ3n) is 3.98. The molecule has 2 rings (SSSR count). The summed E-state index contributed by atoms with van der Waals surface area (Å²) in [5.41, 5.74) is 0. The van der Waals surface area contributed by atoms with E-state index in [9.17, 15) is 35.7 Å². The van der Waals surface area contributed by atoms with Crippen molar-refractivity contribution in [1.29, 1.82) is 0 Å². The van der Waals surface area contributed by atoms with Crippen molar-refractivity contribution in [3.63, 3.8) is 0 Å². The summed E-state index contributed by atoms with van der Waals surface area (Å²) in [5, 5.41) is 98.0. The molecule has 0 spiro atoms. The highest BCUT2D eigenvalue weighted by molar-refractivity contribution is 6.30. The fourth-order valence-electron chi connectivity index (χ4n) is 2.57. The molecular weight excluding hydrogens is 379 g/mol. The van der Waals surface area contributed by atoms with E-state index in [0.29, 0.717) is 0 Å². The van der Waals surface area contributed by atoms with Gasteiger partial charge in [0.1, 0.15) is 48.8 Å². The maximum Gasteiger partial charge on any atom is 0.631 e. The molecule has 2 aliphatic heterocycles. The Bertz CT molecular complexity index is 422. The summed E-state index contributed by atoms with van der Waals surface area (Å²) in [6, 6.07) is 0. The van der Waals surface area contributed by atoms with E-state index in [4.69, 9.17) is 34.4 Å². The first kappa shape index (κ1) is 24.5. The quantitative estimate of drug-likeness (QED) is 0.195. The summed E-state index contributed by atoms with van der Waals surface area (Å²) in [5.74, 6) is 0. The van der Waals surface area contributed by atoms with Crippen molar-refractivity contribution in [1.82, 2.24) is 0 Å². The fourth-order valence-corrected chi connectivity index (χ4v) is 2.57. The van der Waals surface area contributed by atoms with Crippen LogP contribution < -0.4 is 0 Å². The molecule has 0 amide bonds. The topological polar surface area (TPSA) is 250 Å². The lowest BCUT2D eigenvalue weighted by Crippen LogP contribution is -2.64. The number of aliphatic hydroxyl groups excluding tert-OH is 8. The number of hydrogen-bond donors (Lipinski definition) is 11. The molecule has 11 N–H and O–H groups in total. The predicted octanol–water partition coefficient (Wildman–Crippen LogP) is -7.45. The molecule has 0 bridgehead atoms. The number of rotatable bonds is 4. The van der Waals surface area contributed by atoms with E-state index in [0.717, 1.165) is 0 Å². The fraction of sp³-hybridized carbons (Fsp3) is 1.00. The van der Waals surface area contributed by atoms with Crippen molar-refractivity contribution >= 4 is 7.32 Å². The van der Waals surface area contributed by atoms with Gasteiger partial charge in [0.15, 0.2) is 12.6 Å². The zero-order valence-electron chi connectivity index (χ0n) is 13.9. The molecule has 2 saturated heterocycles. The molecule has 14 nitrogen and oxygen atoms in total. The van der Waals surface area contributed by atoms with Crippen LogP contribution in [0, 0.1) is 0 Å². The largest absolute Gasteiger partial charge is 0.631 e. The van der Waals surface area contributed by atoms with Crippen molar-refractivity contribution in [2.75, 3.05) is 13.2 Å².